The molecule has 0 spiro atoms. The highest BCUT2D eigenvalue weighted by atomic mass is 16.5. The van der Waals surface area contributed by atoms with E-state index in [4.69, 9.17) is 4.74 Å². The topological polar surface area (TPSA) is 42.4 Å². The second-order valence-corrected chi connectivity index (χ2v) is 4.90. The number of ether oxygens (including phenoxy) is 1. The molecule has 1 saturated carbocycles. The minimum Gasteiger partial charge on any atom is -0.379 e. The van der Waals surface area contributed by atoms with E-state index in [0.717, 1.165) is 31.5 Å². The standard InChI is InChI=1S/C14H20N2O2/c1-11(17)13-5-6-14(15-9-13)16(2)7-8-18-10-12-3-4-12/h5-6,9,12H,3-4,7-8,10H2,1-2H3. The molecule has 2 rings (SSSR count). The summed E-state index contributed by atoms with van der Waals surface area (Å²) >= 11 is 0. The van der Waals surface area contributed by atoms with Gasteiger partial charge in [-0.2, -0.15) is 0 Å². The van der Waals surface area contributed by atoms with Crippen LogP contribution in [0.1, 0.15) is 30.1 Å². The van der Waals surface area contributed by atoms with Crippen LogP contribution in [0.2, 0.25) is 0 Å². The fraction of sp³-hybridized carbons (Fsp3) is 0.571. The van der Waals surface area contributed by atoms with Gasteiger partial charge in [-0.1, -0.05) is 0 Å². The van der Waals surface area contributed by atoms with E-state index in [0.29, 0.717) is 5.56 Å². The van der Waals surface area contributed by atoms with Gasteiger partial charge in [0.2, 0.25) is 0 Å². The minimum absolute atomic E-state index is 0.0458. The molecule has 1 aromatic rings. The fourth-order valence-corrected chi connectivity index (χ4v) is 1.67. The molecule has 4 nitrogen and oxygen atoms in total. The van der Waals surface area contributed by atoms with E-state index in [-0.39, 0.29) is 5.78 Å². The van der Waals surface area contributed by atoms with Gasteiger partial charge in [0, 0.05) is 32.0 Å². The first-order valence-electron chi connectivity index (χ1n) is 6.42. The van der Waals surface area contributed by atoms with Crippen LogP contribution in [0.25, 0.3) is 0 Å². The van der Waals surface area contributed by atoms with Gasteiger partial charge < -0.3 is 9.64 Å². The lowest BCUT2D eigenvalue weighted by Gasteiger charge is -2.18. The van der Waals surface area contributed by atoms with Gasteiger partial charge in [-0.15, -0.1) is 0 Å². The van der Waals surface area contributed by atoms with Crippen molar-refractivity contribution in [1.29, 1.82) is 0 Å². The van der Waals surface area contributed by atoms with Crippen molar-refractivity contribution in [2.75, 3.05) is 31.7 Å². The number of rotatable bonds is 7. The summed E-state index contributed by atoms with van der Waals surface area (Å²) in [6, 6.07) is 3.68. The molecule has 0 saturated heterocycles. The fourth-order valence-electron chi connectivity index (χ4n) is 1.67. The summed E-state index contributed by atoms with van der Waals surface area (Å²) in [5.41, 5.74) is 0.650. The van der Waals surface area contributed by atoms with Crippen molar-refractivity contribution < 1.29 is 9.53 Å². The summed E-state index contributed by atoms with van der Waals surface area (Å²) in [4.78, 5) is 17.4. The Labute approximate surface area is 108 Å². The Hall–Kier alpha value is -1.42. The van der Waals surface area contributed by atoms with E-state index in [2.05, 4.69) is 4.98 Å². The van der Waals surface area contributed by atoms with Gasteiger partial charge in [0.15, 0.2) is 5.78 Å². The van der Waals surface area contributed by atoms with Gasteiger partial charge in [-0.3, -0.25) is 4.79 Å². The first kappa shape index (κ1) is 13.0. The van der Waals surface area contributed by atoms with Crippen molar-refractivity contribution in [3.05, 3.63) is 23.9 Å². The maximum atomic E-state index is 11.1. The molecule has 0 amide bonds. The van der Waals surface area contributed by atoms with Crippen molar-refractivity contribution in [2.45, 2.75) is 19.8 Å². The van der Waals surface area contributed by atoms with Gasteiger partial charge in [0.05, 0.1) is 6.61 Å². The SMILES string of the molecule is CC(=O)c1ccc(N(C)CCOCC2CC2)nc1. The molecule has 1 heterocycles. The van der Waals surface area contributed by atoms with E-state index in [9.17, 15) is 4.79 Å². The number of carbonyl (C=O) groups excluding carboxylic acids is 1. The average Bonchev–Trinajstić information content (AvgIpc) is 3.18. The van der Waals surface area contributed by atoms with Crippen molar-refractivity contribution in [3.8, 4) is 0 Å². The van der Waals surface area contributed by atoms with Crippen molar-refractivity contribution in [1.82, 2.24) is 4.98 Å². The number of anilines is 1. The highest BCUT2D eigenvalue weighted by Crippen LogP contribution is 2.28. The number of hydrogen-bond donors (Lipinski definition) is 0. The van der Waals surface area contributed by atoms with Crippen LogP contribution in [0.4, 0.5) is 5.82 Å². The third kappa shape index (κ3) is 3.81. The van der Waals surface area contributed by atoms with Crippen LogP contribution in [-0.2, 0) is 4.74 Å². The number of aromatic nitrogens is 1. The molecular formula is C14H20N2O2. The maximum absolute atomic E-state index is 11.1. The maximum Gasteiger partial charge on any atom is 0.161 e. The molecule has 0 bridgehead atoms. The summed E-state index contributed by atoms with van der Waals surface area (Å²) in [7, 11) is 1.98. The molecule has 0 unspecified atom stereocenters. The van der Waals surface area contributed by atoms with Gasteiger partial charge in [-0.25, -0.2) is 4.98 Å². The third-order valence-corrected chi connectivity index (χ3v) is 3.17. The van der Waals surface area contributed by atoms with E-state index in [1.807, 2.05) is 24.1 Å². The highest BCUT2D eigenvalue weighted by Gasteiger charge is 2.20. The smallest absolute Gasteiger partial charge is 0.161 e. The Bertz CT molecular complexity index is 399. The first-order chi connectivity index (χ1) is 8.66. The first-order valence-corrected chi connectivity index (χ1v) is 6.42. The molecule has 0 aliphatic heterocycles. The number of likely N-dealkylation sites (N-methyl/N-ethyl adjacent to an activating group) is 1. The zero-order chi connectivity index (χ0) is 13.0. The molecule has 4 heteroatoms. The molecule has 1 fully saturated rings. The summed E-state index contributed by atoms with van der Waals surface area (Å²) in [6.45, 7) is 3.99. The number of ketones is 1. The van der Waals surface area contributed by atoms with Gasteiger partial charge in [0.25, 0.3) is 0 Å². The lowest BCUT2D eigenvalue weighted by atomic mass is 10.2. The predicted molar refractivity (Wildman–Crippen MR) is 71.1 cm³/mol. The Morgan fingerprint density at radius 1 is 1.50 bits per heavy atom. The zero-order valence-corrected chi connectivity index (χ0v) is 11.1. The van der Waals surface area contributed by atoms with E-state index in [1.54, 1.807) is 13.1 Å². The number of pyridine rings is 1. The van der Waals surface area contributed by atoms with Crippen LogP contribution in [0, 0.1) is 5.92 Å². The normalized spacial score (nSPS) is 14.6. The molecule has 1 aliphatic carbocycles. The van der Waals surface area contributed by atoms with Crippen LogP contribution < -0.4 is 4.90 Å². The zero-order valence-electron chi connectivity index (χ0n) is 11.1. The Morgan fingerprint density at radius 2 is 2.28 bits per heavy atom. The van der Waals surface area contributed by atoms with Crippen molar-refractivity contribution in [2.24, 2.45) is 5.92 Å². The van der Waals surface area contributed by atoms with E-state index >= 15 is 0 Å². The summed E-state index contributed by atoms with van der Waals surface area (Å²) in [5.74, 6) is 1.72. The molecule has 0 N–H and O–H groups in total. The summed E-state index contributed by atoms with van der Waals surface area (Å²) in [6.07, 6.45) is 4.27. The predicted octanol–water partition coefficient (Wildman–Crippen LogP) is 2.15. The molecule has 0 atom stereocenters. The second-order valence-electron chi connectivity index (χ2n) is 4.90. The highest BCUT2D eigenvalue weighted by molar-refractivity contribution is 5.93. The Morgan fingerprint density at radius 3 is 2.83 bits per heavy atom. The van der Waals surface area contributed by atoms with Crippen LogP contribution in [0.15, 0.2) is 18.3 Å². The monoisotopic (exact) mass is 248 g/mol. The third-order valence-electron chi connectivity index (χ3n) is 3.17. The van der Waals surface area contributed by atoms with Crippen LogP contribution in [0.3, 0.4) is 0 Å². The van der Waals surface area contributed by atoms with E-state index < -0.39 is 0 Å². The molecule has 98 valence electrons. The molecule has 1 aliphatic rings. The molecule has 18 heavy (non-hydrogen) atoms. The number of hydrogen-bond acceptors (Lipinski definition) is 4. The van der Waals surface area contributed by atoms with E-state index in [1.165, 1.54) is 12.8 Å². The summed E-state index contributed by atoms with van der Waals surface area (Å²) in [5, 5.41) is 0. The quantitative estimate of drug-likeness (QED) is 0.547. The number of Topliss-reactive ketones (excluding diaryl/α,β-unsaturated/α-hetero) is 1. The summed E-state index contributed by atoms with van der Waals surface area (Å²) < 4.78 is 5.59. The molecule has 0 aromatic carbocycles. The average molecular weight is 248 g/mol. The van der Waals surface area contributed by atoms with Crippen molar-refractivity contribution >= 4 is 11.6 Å². The van der Waals surface area contributed by atoms with Gasteiger partial charge in [-0.05, 0) is 37.8 Å². The van der Waals surface area contributed by atoms with Crippen LogP contribution in [0.5, 0.6) is 0 Å². The number of nitrogens with zero attached hydrogens (tertiary/aromatic N) is 2. The molecular weight excluding hydrogens is 228 g/mol. The number of carbonyl (C=O) groups is 1. The van der Waals surface area contributed by atoms with Gasteiger partial charge >= 0.3 is 0 Å². The molecule has 1 aromatic heterocycles. The second kappa shape index (κ2) is 5.96. The lowest BCUT2D eigenvalue weighted by molar-refractivity contribution is 0.101. The Kier molecular flexibility index (Phi) is 4.31. The Balaban J connectivity index is 1.76. The van der Waals surface area contributed by atoms with Crippen LogP contribution >= 0.6 is 0 Å². The van der Waals surface area contributed by atoms with Gasteiger partial charge in [0.1, 0.15) is 5.82 Å². The largest absolute Gasteiger partial charge is 0.379 e. The molecule has 0 radical (unpaired) electrons. The van der Waals surface area contributed by atoms with Crippen molar-refractivity contribution in [3.63, 3.8) is 0 Å². The lowest BCUT2D eigenvalue weighted by Crippen LogP contribution is -2.23. The van der Waals surface area contributed by atoms with Crippen LogP contribution in [-0.4, -0.2) is 37.6 Å². The minimum atomic E-state index is 0.0458.